The van der Waals surface area contributed by atoms with E-state index in [1.165, 1.54) is 0 Å². The molecule has 3 N–H and O–H groups in total. The highest BCUT2D eigenvalue weighted by Gasteiger charge is 2.11. The standard InChI is InChI=1S/C8H9ClIN3/c1-13(8(11)12)7-5(9)3-2-4-6(7)10/h2-4H,1H3,(H3,11,12). The lowest BCUT2D eigenvalue weighted by Gasteiger charge is -2.19. The second kappa shape index (κ2) is 4.15. The predicted octanol–water partition coefficient (Wildman–Crippen LogP) is 2.27. The summed E-state index contributed by atoms with van der Waals surface area (Å²) in [6, 6.07) is 5.56. The number of rotatable bonds is 1. The number of guanidine groups is 1. The summed E-state index contributed by atoms with van der Waals surface area (Å²) in [5, 5.41) is 7.87. The summed E-state index contributed by atoms with van der Waals surface area (Å²) < 4.78 is 0.975. The molecule has 3 nitrogen and oxygen atoms in total. The van der Waals surface area contributed by atoms with Crippen molar-refractivity contribution in [3.8, 4) is 0 Å². The van der Waals surface area contributed by atoms with E-state index in [1.807, 2.05) is 12.1 Å². The SMILES string of the molecule is CN(C(=N)N)c1c(Cl)cccc1I. The van der Waals surface area contributed by atoms with Gasteiger partial charge in [-0.2, -0.15) is 0 Å². The summed E-state index contributed by atoms with van der Waals surface area (Å²) in [5.41, 5.74) is 6.13. The minimum atomic E-state index is -0.0222. The van der Waals surface area contributed by atoms with E-state index >= 15 is 0 Å². The number of nitrogens with two attached hydrogens (primary N) is 1. The fourth-order valence-electron chi connectivity index (χ4n) is 0.930. The van der Waals surface area contributed by atoms with Crippen LogP contribution in [0.4, 0.5) is 5.69 Å². The molecule has 0 bridgehead atoms. The topological polar surface area (TPSA) is 53.1 Å². The van der Waals surface area contributed by atoms with Crippen molar-refractivity contribution in [1.29, 1.82) is 5.41 Å². The minimum absolute atomic E-state index is 0.0222. The molecule has 0 radical (unpaired) electrons. The molecule has 0 atom stereocenters. The predicted molar refractivity (Wildman–Crippen MR) is 64.5 cm³/mol. The van der Waals surface area contributed by atoms with Gasteiger partial charge in [0.1, 0.15) is 0 Å². The Morgan fingerprint density at radius 1 is 1.62 bits per heavy atom. The van der Waals surface area contributed by atoms with Crippen LogP contribution >= 0.6 is 34.2 Å². The van der Waals surface area contributed by atoms with Crippen LogP contribution in [0.25, 0.3) is 0 Å². The van der Waals surface area contributed by atoms with Crippen molar-refractivity contribution < 1.29 is 0 Å². The molecule has 70 valence electrons. The zero-order valence-electron chi connectivity index (χ0n) is 7.01. The number of nitrogens with one attached hydrogen (secondary N) is 1. The molecular weight excluding hydrogens is 300 g/mol. The first kappa shape index (κ1) is 10.6. The third kappa shape index (κ3) is 2.25. The van der Waals surface area contributed by atoms with Crippen molar-refractivity contribution in [2.24, 2.45) is 5.73 Å². The van der Waals surface area contributed by atoms with Gasteiger partial charge in [0, 0.05) is 10.6 Å². The van der Waals surface area contributed by atoms with Crippen molar-refractivity contribution in [2.75, 3.05) is 11.9 Å². The molecule has 1 aromatic carbocycles. The van der Waals surface area contributed by atoms with Crippen molar-refractivity contribution >= 4 is 45.8 Å². The Labute approximate surface area is 95.5 Å². The van der Waals surface area contributed by atoms with Crippen LogP contribution in [0.1, 0.15) is 0 Å². The summed E-state index contributed by atoms with van der Waals surface area (Å²) in [7, 11) is 1.71. The lowest BCUT2D eigenvalue weighted by Crippen LogP contribution is -2.33. The van der Waals surface area contributed by atoms with Gasteiger partial charge < -0.3 is 10.6 Å². The fraction of sp³-hybridized carbons (Fsp3) is 0.125. The summed E-state index contributed by atoms with van der Waals surface area (Å²) in [4.78, 5) is 1.55. The first-order valence-electron chi connectivity index (χ1n) is 3.56. The largest absolute Gasteiger partial charge is 0.370 e. The lowest BCUT2D eigenvalue weighted by atomic mass is 10.3. The molecule has 0 amide bonds. The molecule has 0 aliphatic carbocycles. The molecule has 1 rings (SSSR count). The molecule has 1 aromatic rings. The highest BCUT2D eigenvalue weighted by atomic mass is 127. The summed E-state index contributed by atoms with van der Waals surface area (Å²) in [6.07, 6.45) is 0. The van der Waals surface area contributed by atoms with Crippen LogP contribution in [0.15, 0.2) is 18.2 Å². The van der Waals surface area contributed by atoms with Crippen LogP contribution in [0.2, 0.25) is 5.02 Å². The van der Waals surface area contributed by atoms with E-state index in [9.17, 15) is 0 Å². The average molecular weight is 310 g/mol. The first-order chi connectivity index (χ1) is 6.04. The minimum Gasteiger partial charge on any atom is -0.370 e. The van der Waals surface area contributed by atoms with Crippen LogP contribution in [0.3, 0.4) is 0 Å². The lowest BCUT2D eigenvalue weighted by molar-refractivity contribution is 1.19. The number of halogens is 2. The van der Waals surface area contributed by atoms with Crippen LogP contribution in [0, 0.1) is 8.98 Å². The van der Waals surface area contributed by atoms with Gasteiger partial charge in [-0.25, -0.2) is 0 Å². The van der Waals surface area contributed by atoms with Crippen molar-refractivity contribution in [2.45, 2.75) is 0 Å². The van der Waals surface area contributed by atoms with E-state index in [4.69, 9.17) is 22.7 Å². The summed E-state index contributed by atoms with van der Waals surface area (Å²) >= 11 is 8.13. The Morgan fingerprint density at radius 3 is 2.69 bits per heavy atom. The Balaban J connectivity index is 3.20. The number of nitrogens with zero attached hydrogens (tertiary/aromatic N) is 1. The van der Waals surface area contributed by atoms with E-state index < -0.39 is 0 Å². The number of hydrogen-bond donors (Lipinski definition) is 2. The van der Waals surface area contributed by atoms with Crippen LogP contribution < -0.4 is 10.6 Å². The molecule has 0 heterocycles. The molecule has 13 heavy (non-hydrogen) atoms. The van der Waals surface area contributed by atoms with Gasteiger partial charge in [-0.3, -0.25) is 5.41 Å². The van der Waals surface area contributed by atoms with E-state index in [-0.39, 0.29) is 5.96 Å². The molecule has 0 unspecified atom stereocenters. The normalized spacial score (nSPS) is 9.77. The van der Waals surface area contributed by atoms with Crippen molar-refractivity contribution in [1.82, 2.24) is 0 Å². The number of hydrogen-bond acceptors (Lipinski definition) is 1. The van der Waals surface area contributed by atoms with Crippen LogP contribution in [0.5, 0.6) is 0 Å². The Bertz CT molecular complexity index is 320. The fourth-order valence-corrected chi connectivity index (χ4v) is 2.25. The molecule has 0 aliphatic rings. The maximum Gasteiger partial charge on any atom is 0.192 e. The van der Waals surface area contributed by atoms with Crippen molar-refractivity contribution in [3.05, 3.63) is 26.8 Å². The number of benzene rings is 1. The van der Waals surface area contributed by atoms with E-state index in [0.29, 0.717) is 5.02 Å². The van der Waals surface area contributed by atoms with Gasteiger partial charge in [-0.15, -0.1) is 0 Å². The van der Waals surface area contributed by atoms with E-state index in [0.717, 1.165) is 9.26 Å². The van der Waals surface area contributed by atoms with Gasteiger partial charge in [0.25, 0.3) is 0 Å². The smallest absolute Gasteiger partial charge is 0.192 e. The molecule has 0 saturated carbocycles. The quantitative estimate of drug-likeness (QED) is 0.475. The molecule has 5 heteroatoms. The highest BCUT2D eigenvalue weighted by Crippen LogP contribution is 2.29. The Hall–Kier alpha value is -0.490. The number of para-hydroxylation sites is 1. The molecular formula is C8H9ClIN3. The summed E-state index contributed by atoms with van der Waals surface area (Å²) in [5.74, 6) is -0.0222. The molecule has 0 saturated heterocycles. The third-order valence-electron chi connectivity index (χ3n) is 1.63. The van der Waals surface area contributed by atoms with Crippen LogP contribution in [-0.2, 0) is 0 Å². The first-order valence-corrected chi connectivity index (χ1v) is 5.01. The maximum absolute atomic E-state index is 7.27. The molecule has 0 spiro atoms. The second-order valence-electron chi connectivity index (χ2n) is 2.51. The Morgan fingerprint density at radius 2 is 2.23 bits per heavy atom. The summed E-state index contributed by atoms with van der Waals surface area (Å²) in [6.45, 7) is 0. The van der Waals surface area contributed by atoms with Gasteiger partial charge in [-0.05, 0) is 34.7 Å². The van der Waals surface area contributed by atoms with Crippen molar-refractivity contribution in [3.63, 3.8) is 0 Å². The van der Waals surface area contributed by atoms with E-state index in [1.54, 1.807) is 18.0 Å². The van der Waals surface area contributed by atoms with Crippen LogP contribution in [-0.4, -0.2) is 13.0 Å². The monoisotopic (exact) mass is 309 g/mol. The highest BCUT2D eigenvalue weighted by molar-refractivity contribution is 14.1. The zero-order valence-corrected chi connectivity index (χ0v) is 9.93. The molecule has 0 fully saturated rings. The third-order valence-corrected chi connectivity index (χ3v) is 2.81. The van der Waals surface area contributed by atoms with Gasteiger partial charge in [0.2, 0.25) is 0 Å². The Kier molecular flexibility index (Phi) is 3.38. The zero-order chi connectivity index (χ0) is 10.0. The van der Waals surface area contributed by atoms with Gasteiger partial charge in [-0.1, -0.05) is 17.7 Å². The van der Waals surface area contributed by atoms with Gasteiger partial charge in [0.15, 0.2) is 5.96 Å². The van der Waals surface area contributed by atoms with Gasteiger partial charge in [0.05, 0.1) is 10.7 Å². The second-order valence-corrected chi connectivity index (χ2v) is 4.08. The average Bonchev–Trinajstić information content (AvgIpc) is 2.03. The maximum atomic E-state index is 7.27. The number of anilines is 1. The van der Waals surface area contributed by atoms with E-state index in [2.05, 4.69) is 22.6 Å². The van der Waals surface area contributed by atoms with Gasteiger partial charge >= 0.3 is 0 Å². The molecule has 0 aromatic heterocycles. The molecule has 0 aliphatic heterocycles.